The maximum atomic E-state index is 5.13. The van der Waals surface area contributed by atoms with Crippen LogP contribution in [0, 0.1) is 0 Å². The van der Waals surface area contributed by atoms with Crippen molar-refractivity contribution in [3.63, 3.8) is 0 Å². The third-order valence-corrected chi connectivity index (χ3v) is 3.61. The van der Waals surface area contributed by atoms with Crippen molar-refractivity contribution < 1.29 is 4.74 Å². The van der Waals surface area contributed by atoms with Crippen LogP contribution in [0.25, 0.3) is 0 Å². The quantitative estimate of drug-likeness (QED) is 0.844. The zero-order valence-corrected chi connectivity index (χ0v) is 10.9. The predicted octanol–water partition coefficient (Wildman–Crippen LogP) is 3.08. The molecule has 0 saturated heterocycles. The van der Waals surface area contributed by atoms with Gasteiger partial charge in [-0.3, -0.25) is 0 Å². The second-order valence-electron chi connectivity index (χ2n) is 4.99. The minimum Gasteiger partial charge on any atom is -0.385 e. The Hall–Kier alpha value is -0.860. The maximum Gasteiger partial charge on any atom is 0.0476 e. The van der Waals surface area contributed by atoms with Gasteiger partial charge in [0.05, 0.1) is 0 Å². The number of benzene rings is 1. The lowest BCUT2D eigenvalue weighted by Crippen LogP contribution is -2.33. The van der Waals surface area contributed by atoms with E-state index in [1.807, 2.05) is 0 Å². The molecular weight excluding hydrogens is 210 g/mol. The van der Waals surface area contributed by atoms with Crippen LogP contribution in [0.3, 0.4) is 0 Å². The summed E-state index contributed by atoms with van der Waals surface area (Å²) >= 11 is 0. The number of aryl methyl sites for hydroxylation is 1. The minimum atomic E-state index is 0.520. The number of methoxy groups -OCH3 is 1. The van der Waals surface area contributed by atoms with Crippen molar-refractivity contribution in [2.45, 2.75) is 44.7 Å². The number of nitrogens with one attached hydrogen (secondary N) is 1. The van der Waals surface area contributed by atoms with Gasteiger partial charge in [0.2, 0.25) is 0 Å². The Morgan fingerprint density at radius 1 is 1.41 bits per heavy atom. The molecule has 0 heterocycles. The fourth-order valence-electron chi connectivity index (χ4n) is 2.65. The molecular formula is C15H23NO. The van der Waals surface area contributed by atoms with Crippen molar-refractivity contribution in [1.29, 1.82) is 0 Å². The van der Waals surface area contributed by atoms with E-state index in [0.717, 1.165) is 13.0 Å². The van der Waals surface area contributed by atoms with Gasteiger partial charge in [0, 0.05) is 25.8 Å². The van der Waals surface area contributed by atoms with Crippen molar-refractivity contribution in [3.05, 3.63) is 35.4 Å². The number of rotatable bonds is 5. The number of ether oxygens (including phenoxy) is 1. The first kappa shape index (κ1) is 12.6. The first-order valence-electron chi connectivity index (χ1n) is 6.64. The molecule has 0 aliphatic heterocycles. The highest BCUT2D eigenvalue weighted by atomic mass is 16.5. The third kappa shape index (κ3) is 3.30. The standard InChI is InChI=1S/C15H23NO/c1-12(10-11-17-2)16-15-9-5-7-13-6-3-4-8-14(13)15/h3-4,6,8,12,15-16H,5,7,9-11H2,1-2H3. The Morgan fingerprint density at radius 3 is 3.06 bits per heavy atom. The molecule has 17 heavy (non-hydrogen) atoms. The summed E-state index contributed by atoms with van der Waals surface area (Å²) in [6.45, 7) is 3.08. The van der Waals surface area contributed by atoms with Crippen LogP contribution in [0.5, 0.6) is 0 Å². The fraction of sp³-hybridized carbons (Fsp3) is 0.600. The van der Waals surface area contributed by atoms with Crippen LogP contribution in [0.2, 0.25) is 0 Å². The van der Waals surface area contributed by atoms with Gasteiger partial charge < -0.3 is 10.1 Å². The molecule has 1 aromatic rings. The van der Waals surface area contributed by atoms with Gasteiger partial charge in [-0.15, -0.1) is 0 Å². The monoisotopic (exact) mass is 233 g/mol. The summed E-state index contributed by atoms with van der Waals surface area (Å²) in [4.78, 5) is 0. The van der Waals surface area contributed by atoms with E-state index in [-0.39, 0.29) is 0 Å². The lowest BCUT2D eigenvalue weighted by molar-refractivity contribution is 0.182. The average molecular weight is 233 g/mol. The van der Waals surface area contributed by atoms with E-state index in [4.69, 9.17) is 4.74 Å². The van der Waals surface area contributed by atoms with Crippen LogP contribution in [0.1, 0.15) is 43.4 Å². The van der Waals surface area contributed by atoms with Crippen molar-refractivity contribution in [2.24, 2.45) is 0 Å². The van der Waals surface area contributed by atoms with Crippen LogP contribution in [-0.4, -0.2) is 19.8 Å². The highest BCUT2D eigenvalue weighted by Crippen LogP contribution is 2.29. The maximum absolute atomic E-state index is 5.13. The summed E-state index contributed by atoms with van der Waals surface area (Å²) in [5, 5.41) is 3.73. The Morgan fingerprint density at radius 2 is 2.24 bits per heavy atom. The molecule has 0 fully saturated rings. The van der Waals surface area contributed by atoms with Crippen molar-refractivity contribution >= 4 is 0 Å². The number of fused-ring (bicyclic) bond motifs is 1. The summed E-state index contributed by atoms with van der Waals surface area (Å²) in [5.74, 6) is 0. The molecule has 0 radical (unpaired) electrons. The topological polar surface area (TPSA) is 21.3 Å². The lowest BCUT2D eigenvalue weighted by atomic mass is 9.87. The molecule has 2 unspecified atom stereocenters. The molecule has 0 spiro atoms. The molecule has 2 heteroatoms. The second-order valence-corrected chi connectivity index (χ2v) is 4.99. The minimum absolute atomic E-state index is 0.520. The second kappa shape index (κ2) is 6.18. The van der Waals surface area contributed by atoms with E-state index in [1.54, 1.807) is 7.11 Å². The van der Waals surface area contributed by atoms with E-state index in [1.165, 1.54) is 30.4 Å². The van der Waals surface area contributed by atoms with Crippen LogP contribution >= 0.6 is 0 Å². The van der Waals surface area contributed by atoms with Gasteiger partial charge in [0.1, 0.15) is 0 Å². The van der Waals surface area contributed by atoms with Crippen LogP contribution in [0.4, 0.5) is 0 Å². The molecule has 0 amide bonds. The third-order valence-electron chi connectivity index (χ3n) is 3.61. The summed E-state index contributed by atoms with van der Waals surface area (Å²) in [6.07, 6.45) is 4.87. The molecule has 94 valence electrons. The van der Waals surface area contributed by atoms with E-state index in [9.17, 15) is 0 Å². The zero-order valence-electron chi connectivity index (χ0n) is 10.9. The number of hydrogen-bond donors (Lipinski definition) is 1. The van der Waals surface area contributed by atoms with Crippen LogP contribution in [-0.2, 0) is 11.2 Å². The van der Waals surface area contributed by atoms with Crippen LogP contribution in [0.15, 0.2) is 24.3 Å². The van der Waals surface area contributed by atoms with Gasteiger partial charge >= 0.3 is 0 Å². The van der Waals surface area contributed by atoms with E-state index >= 15 is 0 Å². The summed E-state index contributed by atoms with van der Waals surface area (Å²) < 4.78 is 5.13. The Balaban J connectivity index is 1.98. The van der Waals surface area contributed by atoms with Gasteiger partial charge in [-0.05, 0) is 43.7 Å². The van der Waals surface area contributed by atoms with Gasteiger partial charge in [-0.1, -0.05) is 24.3 Å². The highest BCUT2D eigenvalue weighted by molar-refractivity contribution is 5.32. The first-order valence-corrected chi connectivity index (χ1v) is 6.64. The summed E-state index contributed by atoms with van der Waals surface area (Å²) in [5.41, 5.74) is 3.03. The largest absolute Gasteiger partial charge is 0.385 e. The molecule has 1 N–H and O–H groups in total. The molecule has 0 saturated carbocycles. The SMILES string of the molecule is COCCC(C)NC1CCCc2ccccc21. The lowest BCUT2D eigenvalue weighted by Gasteiger charge is -2.29. The Kier molecular flexibility index (Phi) is 4.57. The molecule has 2 atom stereocenters. The van der Waals surface area contributed by atoms with E-state index in [2.05, 4.69) is 36.5 Å². The van der Waals surface area contributed by atoms with E-state index in [0.29, 0.717) is 12.1 Å². The van der Waals surface area contributed by atoms with Crippen molar-refractivity contribution in [3.8, 4) is 0 Å². The number of hydrogen-bond acceptors (Lipinski definition) is 2. The highest BCUT2D eigenvalue weighted by Gasteiger charge is 2.20. The average Bonchev–Trinajstić information content (AvgIpc) is 2.37. The van der Waals surface area contributed by atoms with Gasteiger partial charge in [-0.25, -0.2) is 0 Å². The smallest absolute Gasteiger partial charge is 0.0476 e. The van der Waals surface area contributed by atoms with Gasteiger partial charge in [0.25, 0.3) is 0 Å². The molecule has 1 aliphatic rings. The van der Waals surface area contributed by atoms with Crippen molar-refractivity contribution in [1.82, 2.24) is 5.32 Å². The Bertz CT molecular complexity index is 351. The molecule has 1 aromatic carbocycles. The molecule has 1 aliphatic carbocycles. The van der Waals surface area contributed by atoms with Crippen molar-refractivity contribution in [2.75, 3.05) is 13.7 Å². The summed E-state index contributed by atoms with van der Waals surface area (Å²) in [6, 6.07) is 9.89. The normalized spacial score (nSPS) is 20.9. The predicted molar refractivity (Wildman–Crippen MR) is 71.2 cm³/mol. The molecule has 2 nitrogen and oxygen atoms in total. The van der Waals surface area contributed by atoms with Gasteiger partial charge in [0.15, 0.2) is 0 Å². The first-order chi connectivity index (χ1) is 8.31. The van der Waals surface area contributed by atoms with E-state index < -0.39 is 0 Å². The van der Waals surface area contributed by atoms with Gasteiger partial charge in [-0.2, -0.15) is 0 Å². The molecule has 0 bridgehead atoms. The Labute approximate surface area is 104 Å². The fourth-order valence-corrected chi connectivity index (χ4v) is 2.65. The zero-order chi connectivity index (χ0) is 12.1. The molecule has 0 aromatic heterocycles. The molecule has 2 rings (SSSR count). The summed E-state index contributed by atoms with van der Waals surface area (Å²) in [7, 11) is 1.77. The van der Waals surface area contributed by atoms with Crippen LogP contribution < -0.4 is 5.32 Å².